The fraction of sp³-hybridized carbons (Fsp3) is 0.632. The number of rotatable bonds is 15. The summed E-state index contributed by atoms with van der Waals surface area (Å²) in [5, 5.41) is 13.6. The Balaban J connectivity index is 1.85. The van der Waals surface area contributed by atoms with Gasteiger partial charge in [0.1, 0.15) is 8.07 Å². The lowest BCUT2D eigenvalue weighted by molar-refractivity contribution is -0.0271. The summed E-state index contributed by atoms with van der Waals surface area (Å²) in [7, 11) is -5.93. The van der Waals surface area contributed by atoms with Crippen molar-refractivity contribution in [1.29, 1.82) is 0 Å². The molecule has 45 heavy (non-hydrogen) atoms. The van der Waals surface area contributed by atoms with Gasteiger partial charge in [0, 0.05) is 12.8 Å². The van der Waals surface area contributed by atoms with Crippen LogP contribution in [0.1, 0.15) is 74.1 Å². The highest BCUT2D eigenvalue weighted by Crippen LogP contribution is 2.39. The summed E-state index contributed by atoms with van der Waals surface area (Å²) in [5.41, 5.74) is 3.43. The molecule has 1 N–H and O–H groups in total. The summed E-state index contributed by atoms with van der Waals surface area (Å²) in [6, 6.07) is 25.0. The molecule has 0 aromatic heterocycles. The van der Waals surface area contributed by atoms with Crippen molar-refractivity contribution < 1.29 is 18.7 Å². The molecule has 3 rings (SSSR count). The highest BCUT2D eigenvalue weighted by molar-refractivity contribution is 6.99. The highest BCUT2D eigenvalue weighted by atomic mass is 28.4. The van der Waals surface area contributed by atoms with E-state index in [1.165, 1.54) is 10.4 Å². The Hall–Kier alpha value is -1.51. The quantitative estimate of drug-likeness (QED) is 0.154. The predicted molar refractivity (Wildman–Crippen MR) is 199 cm³/mol. The van der Waals surface area contributed by atoms with E-state index < -0.39 is 30.8 Å². The van der Waals surface area contributed by atoms with Crippen LogP contribution in [0.4, 0.5) is 0 Å². The number of aliphatic hydroxyl groups is 1. The van der Waals surface area contributed by atoms with Gasteiger partial charge >= 0.3 is 0 Å². The molecule has 1 aliphatic rings. The van der Waals surface area contributed by atoms with Crippen LogP contribution in [0.3, 0.4) is 0 Å². The number of aliphatic hydroxyl groups excluding tert-OH is 1. The summed E-state index contributed by atoms with van der Waals surface area (Å²) >= 11 is 0. The molecule has 0 spiro atoms. The smallest absolute Gasteiger partial charge is 0.261 e. The lowest BCUT2D eigenvalue weighted by Crippen LogP contribution is -2.67. The summed E-state index contributed by atoms with van der Waals surface area (Å²) in [5.74, 6) is 3.44. The molecule has 0 radical (unpaired) electrons. The average Bonchev–Trinajstić information content (AvgIpc) is 3.38. The molecule has 1 saturated heterocycles. The summed E-state index contributed by atoms with van der Waals surface area (Å²) < 4.78 is 21.3. The van der Waals surface area contributed by atoms with Crippen molar-refractivity contribution in [1.82, 2.24) is 0 Å². The van der Waals surface area contributed by atoms with Crippen LogP contribution < -0.4 is 10.4 Å². The summed E-state index contributed by atoms with van der Waals surface area (Å²) in [6.45, 7) is 23.3. The highest BCUT2D eigenvalue weighted by Gasteiger charge is 2.51. The van der Waals surface area contributed by atoms with Gasteiger partial charge in [0.15, 0.2) is 8.32 Å². The molecule has 7 heteroatoms. The molecule has 250 valence electrons. The van der Waals surface area contributed by atoms with Crippen LogP contribution in [0.5, 0.6) is 0 Å². The average molecular weight is 667 g/mol. The van der Waals surface area contributed by atoms with Crippen LogP contribution in [0.15, 0.2) is 60.7 Å². The van der Waals surface area contributed by atoms with E-state index in [1.807, 2.05) is 0 Å². The largest absolute Gasteiger partial charge is 0.411 e. The van der Waals surface area contributed by atoms with Gasteiger partial charge in [-0.1, -0.05) is 129 Å². The third kappa shape index (κ3) is 9.99. The molecule has 0 amide bonds. The van der Waals surface area contributed by atoms with Crippen molar-refractivity contribution in [2.24, 2.45) is 5.92 Å². The molecule has 5 atom stereocenters. The SMILES string of the molecule is CC[Si](CC)(CC)O[C@@H]1C[C@H](CO[Si](c2ccccc2)(c2ccccc2)C(C)(C)C)O[C@@H]1C[C@@H](C)C(O)CCC#C[Si](C)(C)C. The number of benzene rings is 2. The molecule has 0 aliphatic carbocycles. The van der Waals surface area contributed by atoms with Gasteiger partial charge in [0.25, 0.3) is 8.32 Å². The third-order valence-corrected chi connectivity index (χ3v) is 20.4. The predicted octanol–water partition coefficient (Wildman–Crippen LogP) is 8.16. The third-order valence-electron chi connectivity index (χ3n) is 9.80. The van der Waals surface area contributed by atoms with E-state index in [2.05, 4.69) is 140 Å². The van der Waals surface area contributed by atoms with E-state index in [-0.39, 0.29) is 29.3 Å². The Morgan fingerprint density at radius 2 is 1.44 bits per heavy atom. The summed E-state index contributed by atoms with van der Waals surface area (Å²) in [4.78, 5) is 0. The zero-order valence-electron chi connectivity index (χ0n) is 30.0. The first kappa shape index (κ1) is 37.9. The zero-order chi connectivity index (χ0) is 33.3. The Kier molecular flexibility index (Phi) is 14.0. The van der Waals surface area contributed by atoms with Crippen molar-refractivity contribution in [2.75, 3.05) is 6.61 Å². The van der Waals surface area contributed by atoms with E-state index in [0.29, 0.717) is 13.0 Å². The fourth-order valence-electron chi connectivity index (χ4n) is 6.90. The Bertz CT molecular complexity index is 1160. The molecular weight excluding hydrogens is 605 g/mol. The molecule has 1 heterocycles. The number of hydrogen-bond donors (Lipinski definition) is 1. The van der Waals surface area contributed by atoms with Gasteiger partial charge in [-0.15, -0.1) is 11.5 Å². The number of ether oxygens (including phenoxy) is 1. The van der Waals surface area contributed by atoms with E-state index in [9.17, 15) is 5.11 Å². The standard InChI is InChI=1S/C38H62O4Si3/c1-11-44(12-2,13-3)42-37-29-32(41-36(37)28-31(4)35(39)26-20-21-27-43(8,9)10)30-40-45(38(5,6)7,33-22-16-14-17-23-33)34-24-18-15-19-25-34/h14-19,22-25,31-32,35-37,39H,11-13,20,26,28-30H2,1-10H3/t31-,32-,35?,36-,37-/m1/s1. The molecule has 4 nitrogen and oxygen atoms in total. The second-order valence-corrected chi connectivity index (χ2v) is 29.1. The summed E-state index contributed by atoms with van der Waals surface area (Å²) in [6.07, 6.45) is 2.60. The van der Waals surface area contributed by atoms with E-state index in [4.69, 9.17) is 13.6 Å². The Morgan fingerprint density at radius 3 is 1.91 bits per heavy atom. The maximum Gasteiger partial charge on any atom is 0.261 e. The van der Waals surface area contributed by atoms with Crippen molar-refractivity contribution in [3.63, 3.8) is 0 Å². The van der Waals surface area contributed by atoms with Crippen LogP contribution in [0, 0.1) is 17.4 Å². The van der Waals surface area contributed by atoms with E-state index in [1.54, 1.807) is 0 Å². The molecule has 1 unspecified atom stereocenters. The lowest BCUT2D eigenvalue weighted by atomic mass is 9.92. The first-order chi connectivity index (χ1) is 21.2. The van der Waals surface area contributed by atoms with Crippen LogP contribution in [0.2, 0.25) is 42.8 Å². The normalized spacial score (nSPS) is 20.8. The monoisotopic (exact) mass is 666 g/mol. The first-order valence-corrected chi connectivity index (χ1v) is 25.4. The Labute approximate surface area is 278 Å². The van der Waals surface area contributed by atoms with Gasteiger partial charge in [0.05, 0.1) is 31.0 Å². The lowest BCUT2D eigenvalue weighted by Gasteiger charge is -2.43. The van der Waals surface area contributed by atoms with Crippen LogP contribution in [-0.4, -0.2) is 60.8 Å². The van der Waals surface area contributed by atoms with Crippen LogP contribution in [-0.2, 0) is 13.6 Å². The number of hydrogen-bond acceptors (Lipinski definition) is 4. The van der Waals surface area contributed by atoms with E-state index in [0.717, 1.165) is 37.4 Å². The zero-order valence-corrected chi connectivity index (χ0v) is 33.0. The minimum Gasteiger partial charge on any atom is -0.411 e. The molecule has 2 aromatic carbocycles. The van der Waals surface area contributed by atoms with Crippen LogP contribution in [0.25, 0.3) is 0 Å². The van der Waals surface area contributed by atoms with Gasteiger partial charge in [-0.25, -0.2) is 0 Å². The second-order valence-electron chi connectivity index (χ2n) is 15.3. The van der Waals surface area contributed by atoms with Gasteiger partial charge < -0.3 is 18.7 Å². The minimum atomic E-state index is -2.67. The molecule has 0 saturated carbocycles. The van der Waals surface area contributed by atoms with Gasteiger partial charge in [-0.2, -0.15) is 0 Å². The van der Waals surface area contributed by atoms with Crippen molar-refractivity contribution in [3.05, 3.63) is 60.7 Å². The van der Waals surface area contributed by atoms with Crippen LogP contribution >= 0.6 is 0 Å². The topological polar surface area (TPSA) is 47.9 Å². The maximum atomic E-state index is 11.1. The minimum absolute atomic E-state index is 0.0330. The molecule has 1 aliphatic heterocycles. The van der Waals surface area contributed by atoms with Crippen molar-refractivity contribution >= 4 is 35.1 Å². The molecule has 2 aromatic rings. The van der Waals surface area contributed by atoms with Crippen molar-refractivity contribution in [2.45, 2.75) is 141 Å². The molecular formula is C38H62O4Si3. The first-order valence-electron chi connectivity index (χ1n) is 17.5. The van der Waals surface area contributed by atoms with Gasteiger partial charge in [-0.3, -0.25) is 0 Å². The molecule has 0 bridgehead atoms. The second kappa shape index (κ2) is 16.5. The Morgan fingerprint density at radius 1 is 0.911 bits per heavy atom. The fourth-order valence-corrected chi connectivity index (χ4v) is 15.0. The van der Waals surface area contributed by atoms with Crippen molar-refractivity contribution in [3.8, 4) is 11.5 Å². The maximum absolute atomic E-state index is 11.1. The molecule has 1 fully saturated rings. The van der Waals surface area contributed by atoms with Gasteiger partial charge in [0.2, 0.25) is 0 Å². The van der Waals surface area contributed by atoms with Gasteiger partial charge in [-0.05, 0) is 52.3 Å². The van der Waals surface area contributed by atoms with E-state index >= 15 is 0 Å².